The largest absolute Gasteiger partial charge is 0.392 e. The Labute approximate surface area is 92.1 Å². The third-order valence-corrected chi connectivity index (χ3v) is 2.54. The van der Waals surface area contributed by atoms with Crippen LogP contribution < -0.4 is 5.32 Å². The number of rotatable bonds is 1. The van der Waals surface area contributed by atoms with E-state index in [0.717, 1.165) is 22.6 Å². The smallest absolute Gasteiger partial charge is 0.164 e. The Morgan fingerprint density at radius 3 is 3.19 bits per heavy atom. The summed E-state index contributed by atoms with van der Waals surface area (Å²) in [5, 5.41) is 16.4. The molecule has 2 N–H and O–H groups in total. The highest BCUT2D eigenvalue weighted by Crippen LogP contribution is 2.29. The van der Waals surface area contributed by atoms with Gasteiger partial charge in [0.2, 0.25) is 0 Å². The molecular formula is C11H10N4O. The molecule has 0 radical (unpaired) electrons. The van der Waals surface area contributed by atoms with Crippen molar-refractivity contribution in [3.05, 3.63) is 36.3 Å². The minimum Gasteiger partial charge on any atom is -0.392 e. The Morgan fingerprint density at radius 2 is 2.31 bits per heavy atom. The van der Waals surface area contributed by atoms with Crippen LogP contribution in [-0.2, 0) is 6.61 Å². The van der Waals surface area contributed by atoms with Gasteiger partial charge in [-0.15, -0.1) is 0 Å². The molecule has 1 aliphatic heterocycles. The second-order valence-electron chi connectivity index (χ2n) is 3.53. The number of aliphatic hydroxyl groups is 1. The predicted octanol–water partition coefficient (Wildman–Crippen LogP) is 1.29. The maximum Gasteiger partial charge on any atom is 0.164 e. The Balaban J connectivity index is 2.25. The Morgan fingerprint density at radius 1 is 1.38 bits per heavy atom. The molecule has 0 aliphatic carbocycles. The molecule has 0 fully saturated rings. The molecule has 3 rings (SSSR count). The summed E-state index contributed by atoms with van der Waals surface area (Å²) in [6.07, 6.45) is 5.13. The molecule has 0 amide bonds. The topological polar surface area (TPSA) is 63.0 Å². The fourth-order valence-corrected chi connectivity index (χ4v) is 1.75. The minimum atomic E-state index is 0.0227. The van der Waals surface area contributed by atoms with Gasteiger partial charge in [-0.3, -0.25) is 0 Å². The second kappa shape index (κ2) is 3.46. The molecule has 0 saturated heterocycles. The van der Waals surface area contributed by atoms with E-state index in [0.29, 0.717) is 0 Å². The molecule has 0 spiro atoms. The van der Waals surface area contributed by atoms with Gasteiger partial charge in [0.25, 0.3) is 0 Å². The van der Waals surface area contributed by atoms with E-state index in [2.05, 4.69) is 15.4 Å². The van der Waals surface area contributed by atoms with E-state index in [4.69, 9.17) is 5.11 Å². The van der Waals surface area contributed by atoms with E-state index >= 15 is 0 Å². The van der Waals surface area contributed by atoms with Gasteiger partial charge < -0.3 is 10.4 Å². The summed E-state index contributed by atoms with van der Waals surface area (Å²) in [5.74, 6) is 0.770. The predicted molar refractivity (Wildman–Crippen MR) is 60.3 cm³/mol. The summed E-state index contributed by atoms with van der Waals surface area (Å²) >= 11 is 0. The fraction of sp³-hybridized carbons (Fsp3) is 0.0909. The molecule has 1 aromatic heterocycles. The van der Waals surface area contributed by atoms with Crippen LogP contribution in [0.15, 0.2) is 30.7 Å². The fourth-order valence-electron chi connectivity index (χ4n) is 1.75. The number of nitrogens with zero attached hydrogens (tertiary/aromatic N) is 3. The van der Waals surface area contributed by atoms with Crippen LogP contribution in [0.1, 0.15) is 5.56 Å². The molecule has 80 valence electrons. The van der Waals surface area contributed by atoms with Crippen LogP contribution in [0.2, 0.25) is 0 Å². The average molecular weight is 214 g/mol. The summed E-state index contributed by atoms with van der Waals surface area (Å²) in [6, 6.07) is 5.72. The molecule has 0 saturated carbocycles. The lowest BCUT2D eigenvalue weighted by molar-refractivity contribution is 0.282. The van der Waals surface area contributed by atoms with Gasteiger partial charge in [0.1, 0.15) is 6.33 Å². The maximum atomic E-state index is 9.13. The first-order chi connectivity index (χ1) is 7.88. The maximum absolute atomic E-state index is 9.13. The van der Waals surface area contributed by atoms with E-state index in [1.54, 1.807) is 10.9 Å². The minimum absolute atomic E-state index is 0.0227. The lowest BCUT2D eigenvalue weighted by Gasteiger charge is -2.07. The highest BCUT2D eigenvalue weighted by atomic mass is 16.3. The van der Waals surface area contributed by atoms with Crippen LogP contribution in [0.5, 0.6) is 0 Å². The van der Waals surface area contributed by atoms with E-state index in [1.165, 1.54) is 6.33 Å². The standard InChI is InChI=1S/C11H10N4O/c16-6-8-1-2-10-9(5-8)11-13-7-14-15(11)4-3-12-10/h1-5,7,12,16H,6H2. The van der Waals surface area contributed by atoms with Gasteiger partial charge in [-0.05, 0) is 17.7 Å². The van der Waals surface area contributed by atoms with Crippen LogP contribution in [0, 0.1) is 0 Å². The van der Waals surface area contributed by atoms with Gasteiger partial charge in [-0.25, -0.2) is 9.67 Å². The van der Waals surface area contributed by atoms with Crippen LogP contribution in [0.4, 0.5) is 5.69 Å². The second-order valence-corrected chi connectivity index (χ2v) is 3.53. The molecule has 5 nitrogen and oxygen atoms in total. The van der Waals surface area contributed by atoms with E-state index in [1.807, 2.05) is 24.4 Å². The number of fused-ring (bicyclic) bond motifs is 3. The van der Waals surface area contributed by atoms with Crippen LogP contribution in [-0.4, -0.2) is 19.9 Å². The zero-order valence-electron chi connectivity index (χ0n) is 8.46. The van der Waals surface area contributed by atoms with Gasteiger partial charge in [-0.2, -0.15) is 5.10 Å². The summed E-state index contributed by atoms with van der Waals surface area (Å²) in [4.78, 5) is 4.21. The molecule has 0 unspecified atom stereocenters. The van der Waals surface area contributed by atoms with Crippen LogP contribution in [0.3, 0.4) is 0 Å². The zero-order chi connectivity index (χ0) is 11.0. The quantitative estimate of drug-likeness (QED) is 0.750. The van der Waals surface area contributed by atoms with Gasteiger partial charge in [0.15, 0.2) is 5.82 Å². The van der Waals surface area contributed by atoms with Gasteiger partial charge >= 0.3 is 0 Å². The SMILES string of the molecule is OCc1ccc2c(c1)-c1ncnn1C=CN2. The zero-order valence-corrected chi connectivity index (χ0v) is 8.46. The molecule has 1 aliphatic rings. The molecule has 2 aromatic rings. The van der Waals surface area contributed by atoms with Crippen molar-refractivity contribution in [2.45, 2.75) is 6.61 Å². The first-order valence-electron chi connectivity index (χ1n) is 4.95. The number of benzene rings is 1. The first-order valence-corrected chi connectivity index (χ1v) is 4.95. The van der Waals surface area contributed by atoms with Crippen LogP contribution >= 0.6 is 0 Å². The number of anilines is 1. The molecule has 5 heteroatoms. The summed E-state index contributed by atoms with van der Waals surface area (Å²) in [7, 11) is 0. The van der Waals surface area contributed by atoms with Gasteiger partial charge in [0, 0.05) is 23.7 Å². The van der Waals surface area contributed by atoms with Gasteiger partial charge in [-0.1, -0.05) is 6.07 Å². The summed E-state index contributed by atoms with van der Waals surface area (Å²) < 4.78 is 1.69. The third-order valence-electron chi connectivity index (χ3n) is 2.54. The highest BCUT2D eigenvalue weighted by molar-refractivity contribution is 5.77. The number of aliphatic hydroxyl groups excluding tert-OH is 1. The molecule has 1 aromatic carbocycles. The van der Waals surface area contributed by atoms with Crippen molar-refractivity contribution in [3.63, 3.8) is 0 Å². The summed E-state index contributed by atoms with van der Waals surface area (Å²) in [5.41, 5.74) is 2.76. The van der Waals surface area contributed by atoms with E-state index < -0.39 is 0 Å². The van der Waals surface area contributed by atoms with E-state index in [-0.39, 0.29) is 6.61 Å². The molecule has 16 heavy (non-hydrogen) atoms. The van der Waals surface area contributed by atoms with Crippen molar-refractivity contribution < 1.29 is 5.11 Å². The Kier molecular flexibility index (Phi) is 1.97. The van der Waals surface area contributed by atoms with E-state index in [9.17, 15) is 0 Å². The lowest BCUT2D eigenvalue weighted by Crippen LogP contribution is -1.94. The third kappa shape index (κ3) is 1.30. The Bertz CT molecular complexity index is 559. The molecule has 2 heterocycles. The summed E-state index contributed by atoms with van der Waals surface area (Å²) in [6.45, 7) is 0.0227. The van der Waals surface area contributed by atoms with Crippen molar-refractivity contribution in [2.24, 2.45) is 0 Å². The average Bonchev–Trinajstić information content (AvgIpc) is 2.71. The van der Waals surface area contributed by atoms with Crippen molar-refractivity contribution >= 4 is 11.9 Å². The number of hydrogen-bond acceptors (Lipinski definition) is 4. The normalized spacial score (nSPS) is 12.6. The first kappa shape index (κ1) is 9.11. The molecule has 0 bridgehead atoms. The van der Waals surface area contributed by atoms with Crippen LogP contribution in [0.25, 0.3) is 17.6 Å². The number of hydrogen-bond donors (Lipinski definition) is 2. The Hall–Kier alpha value is -2.14. The number of nitrogens with one attached hydrogen (secondary N) is 1. The van der Waals surface area contributed by atoms with Crippen molar-refractivity contribution in [1.29, 1.82) is 0 Å². The molecular weight excluding hydrogens is 204 g/mol. The van der Waals surface area contributed by atoms with Crippen molar-refractivity contribution in [2.75, 3.05) is 5.32 Å². The molecule has 0 atom stereocenters. The monoisotopic (exact) mass is 214 g/mol. The van der Waals surface area contributed by atoms with Gasteiger partial charge in [0.05, 0.1) is 6.61 Å². The highest BCUT2D eigenvalue weighted by Gasteiger charge is 2.13. The lowest BCUT2D eigenvalue weighted by atomic mass is 10.1. The number of aromatic nitrogens is 3. The van der Waals surface area contributed by atoms with Crippen molar-refractivity contribution in [1.82, 2.24) is 14.8 Å². The van der Waals surface area contributed by atoms with Crippen molar-refractivity contribution in [3.8, 4) is 11.4 Å².